The zero-order chi connectivity index (χ0) is 11.5. The summed E-state index contributed by atoms with van der Waals surface area (Å²) in [5.74, 6) is 0. The lowest BCUT2D eigenvalue weighted by Crippen LogP contribution is -2.33. The third-order valence-electron chi connectivity index (χ3n) is 3.26. The Morgan fingerprint density at radius 1 is 1.44 bits per heavy atom. The van der Waals surface area contributed by atoms with Gasteiger partial charge in [-0.3, -0.25) is 0 Å². The number of aryl methyl sites for hydroxylation is 2. The highest BCUT2D eigenvalue weighted by molar-refractivity contribution is 7.12. The van der Waals surface area contributed by atoms with E-state index in [1.807, 2.05) is 18.4 Å². The third kappa shape index (κ3) is 2.47. The number of hydrogen-bond acceptors (Lipinski definition) is 3. The monoisotopic (exact) mass is 239 g/mol. The molecular formula is C13H21NOS. The predicted octanol–water partition coefficient (Wildman–Crippen LogP) is 3.19. The molecule has 2 unspecified atom stereocenters. The molecule has 1 aromatic rings. The van der Waals surface area contributed by atoms with E-state index in [9.17, 15) is 0 Å². The maximum Gasteiger partial charge on any atom is 0.0777 e. The first-order valence-electron chi connectivity index (χ1n) is 6.08. The van der Waals surface area contributed by atoms with Crippen LogP contribution in [-0.2, 0) is 4.74 Å². The van der Waals surface area contributed by atoms with Crippen LogP contribution in [0.2, 0.25) is 0 Å². The Bertz CT molecular complexity index is 342. The average Bonchev–Trinajstić information content (AvgIpc) is 2.61. The van der Waals surface area contributed by atoms with Gasteiger partial charge in [-0.2, -0.15) is 0 Å². The lowest BCUT2D eigenvalue weighted by Gasteiger charge is -2.30. The van der Waals surface area contributed by atoms with Crippen LogP contribution in [0.5, 0.6) is 0 Å². The standard InChI is InChI=1S/C13H21NOS/c1-9-8-10(2)16-13(9)12(14-3)11-6-4-5-7-15-11/h8,11-12,14H,4-7H2,1-3H3. The van der Waals surface area contributed by atoms with Gasteiger partial charge in [-0.05, 0) is 51.8 Å². The van der Waals surface area contributed by atoms with Crippen molar-refractivity contribution in [2.24, 2.45) is 0 Å². The second-order valence-electron chi connectivity index (χ2n) is 4.58. The molecule has 0 amide bonds. The van der Waals surface area contributed by atoms with Gasteiger partial charge in [-0.25, -0.2) is 0 Å². The smallest absolute Gasteiger partial charge is 0.0777 e. The first kappa shape index (κ1) is 12.1. The summed E-state index contributed by atoms with van der Waals surface area (Å²) in [6, 6.07) is 2.65. The van der Waals surface area contributed by atoms with Crippen LogP contribution in [0.25, 0.3) is 0 Å². The minimum absolute atomic E-state index is 0.357. The number of nitrogens with one attached hydrogen (secondary N) is 1. The van der Waals surface area contributed by atoms with E-state index in [1.54, 1.807) is 0 Å². The summed E-state index contributed by atoms with van der Waals surface area (Å²) in [4.78, 5) is 2.84. The molecule has 0 saturated carbocycles. The SMILES string of the molecule is CNC(c1sc(C)cc1C)C1CCCCO1. The zero-order valence-corrected chi connectivity index (χ0v) is 11.2. The highest BCUT2D eigenvalue weighted by atomic mass is 32.1. The molecule has 0 aromatic carbocycles. The van der Waals surface area contributed by atoms with E-state index in [1.165, 1.54) is 34.6 Å². The van der Waals surface area contributed by atoms with E-state index in [0.29, 0.717) is 12.1 Å². The maximum atomic E-state index is 5.89. The third-order valence-corrected chi connectivity index (χ3v) is 4.50. The van der Waals surface area contributed by atoms with E-state index in [0.717, 1.165) is 6.61 Å². The van der Waals surface area contributed by atoms with Crippen LogP contribution in [0.1, 0.15) is 40.6 Å². The molecule has 3 heteroatoms. The first-order chi connectivity index (χ1) is 7.72. The summed E-state index contributed by atoms with van der Waals surface area (Å²) in [6.45, 7) is 5.30. The molecule has 1 aliphatic heterocycles. The fourth-order valence-electron chi connectivity index (χ4n) is 2.48. The molecule has 1 aromatic heterocycles. The van der Waals surface area contributed by atoms with Crippen molar-refractivity contribution in [2.75, 3.05) is 13.7 Å². The Balaban J connectivity index is 2.17. The van der Waals surface area contributed by atoms with Crippen LogP contribution in [0.15, 0.2) is 6.07 Å². The molecule has 0 spiro atoms. The average molecular weight is 239 g/mol. The summed E-state index contributed by atoms with van der Waals surface area (Å²) < 4.78 is 5.89. The Morgan fingerprint density at radius 2 is 2.25 bits per heavy atom. The molecule has 90 valence electrons. The maximum absolute atomic E-state index is 5.89. The Labute approximate surface area is 102 Å². The van der Waals surface area contributed by atoms with Gasteiger partial charge in [0.1, 0.15) is 0 Å². The Morgan fingerprint density at radius 3 is 2.75 bits per heavy atom. The molecule has 1 fully saturated rings. The number of hydrogen-bond donors (Lipinski definition) is 1. The molecule has 1 aliphatic rings. The largest absolute Gasteiger partial charge is 0.376 e. The van der Waals surface area contributed by atoms with E-state index < -0.39 is 0 Å². The van der Waals surface area contributed by atoms with Gasteiger partial charge >= 0.3 is 0 Å². The van der Waals surface area contributed by atoms with Crippen molar-refractivity contribution in [3.63, 3.8) is 0 Å². The lowest BCUT2D eigenvalue weighted by molar-refractivity contribution is -0.00600. The molecular weight excluding hydrogens is 218 g/mol. The quantitative estimate of drug-likeness (QED) is 0.874. The molecule has 0 radical (unpaired) electrons. The van der Waals surface area contributed by atoms with Crippen LogP contribution >= 0.6 is 11.3 Å². The van der Waals surface area contributed by atoms with Crippen molar-refractivity contribution in [3.05, 3.63) is 21.4 Å². The van der Waals surface area contributed by atoms with Crippen molar-refractivity contribution in [3.8, 4) is 0 Å². The molecule has 1 N–H and O–H groups in total. The van der Waals surface area contributed by atoms with Gasteiger partial charge in [0.15, 0.2) is 0 Å². The van der Waals surface area contributed by atoms with Gasteiger partial charge in [0.25, 0.3) is 0 Å². The van der Waals surface area contributed by atoms with Crippen LogP contribution in [0.3, 0.4) is 0 Å². The van der Waals surface area contributed by atoms with E-state index in [2.05, 4.69) is 25.2 Å². The van der Waals surface area contributed by atoms with Crippen molar-refractivity contribution in [2.45, 2.75) is 45.3 Å². The topological polar surface area (TPSA) is 21.3 Å². The normalized spacial score (nSPS) is 23.3. The summed E-state index contributed by atoms with van der Waals surface area (Å²) >= 11 is 1.90. The van der Waals surface area contributed by atoms with Gasteiger partial charge in [-0.1, -0.05) is 0 Å². The molecule has 1 saturated heterocycles. The van der Waals surface area contributed by atoms with Crippen molar-refractivity contribution >= 4 is 11.3 Å². The summed E-state index contributed by atoms with van der Waals surface area (Å²) in [7, 11) is 2.04. The Kier molecular flexibility index (Phi) is 4.00. The van der Waals surface area contributed by atoms with Crippen molar-refractivity contribution in [1.82, 2.24) is 5.32 Å². The predicted molar refractivity (Wildman–Crippen MR) is 69.2 cm³/mol. The van der Waals surface area contributed by atoms with Crippen LogP contribution < -0.4 is 5.32 Å². The van der Waals surface area contributed by atoms with E-state index >= 15 is 0 Å². The molecule has 0 aliphatic carbocycles. The molecule has 0 bridgehead atoms. The molecule has 2 nitrogen and oxygen atoms in total. The van der Waals surface area contributed by atoms with Crippen molar-refractivity contribution in [1.29, 1.82) is 0 Å². The van der Waals surface area contributed by atoms with Crippen LogP contribution in [0.4, 0.5) is 0 Å². The lowest BCUT2D eigenvalue weighted by atomic mass is 9.99. The van der Waals surface area contributed by atoms with Gasteiger partial charge in [-0.15, -0.1) is 11.3 Å². The summed E-state index contributed by atoms with van der Waals surface area (Å²) in [5, 5.41) is 3.43. The van der Waals surface area contributed by atoms with Gasteiger partial charge in [0.05, 0.1) is 12.1 Å². The van der Waals surface area contributed by atoms with Gasteiger partial charge in [0.2, 0.25) is 0 Å². The number of ether oxygens (including phenoxy) is 1. The van der Waals surface area contributed by atoms with Gasteiger partial charge in [0, 0.05) is 16.4 Å². The molecule has 2 atom stereocenters. The second kappa shape index (κ2) is 5.30. The van der Waals surface area contributed by atoms with Crippen LogP contribution in [-0.4, -0.2) is 19.8 Å². The fraction of sp³-hybridized carbons (Fsp3) is 0.692. The minimum Gasteiger partial charge on any atom is -0.376 e. The summed E-state index contributed by atoms with van der Waals surface area (Å²) in [5.41, 5.74) is 1.40. The zero-order valence-electron chi connectivity index (χ0n) is 10.4. The Hall–Kier alpha value is -0.380. The molecule has 2 heterocycles. The van der Waals surface area contributed by atoms with Crippen molar-refractivity contribution < 1.29 is 4.74 Å². The fourth-order valence-corrected chi connectivity index (χ4v) is 3.68. The van der Waals surface area contributed by atoms with Gasteiger partial charge < -0.3 is 10.1 Å². The number of thiophene rings is 1. The second-order valence-corrected chi connectivity index (χ2v) is 5.86. The minimum atomic E-state index is 0.357. The highest BCUT2D eigenvalue weighted by Crippen LogP contribution is 2.33. The van der Waals surface area contributed by atoms with E-state index in [-0.39, 0.29) is 0 Å². The molecule has 16 heavy (non-hydrogen) atoms. The summed E-state index contributed by atoms with van der Waals surface area (Å²) in [6.07, 6.45) is 4.05. The van der Waals surface area contributed by atoms with Crippen LogP contribution in [0, 0.1) is 13.8 Å². The van der Waals surface area contributed by atoms with E-state index in [4.69, 9.17) is 4.74 Å². The number of likely N-dealkylation sites (N-methyl/N-ethyl adjacent to an activating group) is 1. The molecule has 2 rings (SSSR count). The highest BCUT2D eigenvalue weighted by Gasteiger charge is 2.26. The first-order valence-corrected chi connectivity index (χ1v) is 6.90. The number of rotatable bonds is 3.